The van der Waals surface area contributed by atoms with Crippen LogP contribution < -0.4 is 15.1 Å². The quantitative estimate of drug-likeness (QED) is 0.820. The minimum atomic E-state index is -0.141. The molecule has 0 aliphatic carbocycles. The molecule has 0 atom stereocenters. The van der Waals surface area contributed by atoms with E-state index in [1.165, 1.54) is 5.56 Å². The van der Waals surface area contributed by atoms with Crippen molar-refractivity contribution in [2.45, 2.75) is 19.9 Å². The molecule has 0 saturated carbocycles. The van der Waals surface area contributed by atoms with E-state index in [-0.39, 0.29) is 12.5 Å². The Morgan fingerprint density at radius 3 is 2.48 bits per heavy atom. The van der Waals surface area contributed by atoms with Crippen LogP contribution in [0.3, 0.4) is 0 Å². The Labute approximate surface area is 159 Å². The van der Waals surface area contributed by atoms with E-state index in [0.717, 1.165) is 19.5 Å². The molecule has 1 amide bonds. The van der Waals surface area contributed by atoms with Gasteiger partial charge in [0, 0.05) is 32.7 Å². The predicted molar refractivity (Wildman–Crippen MR) is 104 cm³/mol. The SMILES string of the molecule is CCc1ccc(C(=O)NCc2nc(N(C)C)nc(N3CCOCC3)n2)cc1. The van der Waals surface area contributed by atoms with Crippen molar-refractivity contribution in [3.63, 3.8) is 0 Å². The van der Waals surface area contributed by atoms with E-state index in [2.05, 4.69) is 32.1 Å². The van der Waals surface area contributed by atoms with Crippen molar-refractivity contribution in [2.24, 2.45) is 0 Å². The molecule has 1 aliphatic heterocycles. The number of ether oxygens (including phenoxy) is 1. The molecule has 0 spiro atoms. The van der Waals surface area contributed by atoms with Gasteiger partial charge < -0.3 is 19.9 Å². The molecule has 27 heavy (non-hydrogen) atoms. The van der Waals surface area contributed by atoms with E-state index in [1.807, 2.05) is 43.3 Å². The van der Waals surface area contributed by atoms with Gasteiger partial charge in [-0.1, -0.05) is 19.1 Å². The van der Waals surface area contributed by atoms with E-state index in [1.54, 1.807) is 0 Å². The average Bonchev–Trinajstić information content (AvgIpc) is 2.72. The lowest BCUT2D eigenvalue weighted by Crippen LogP contribution is -2.38. The van der Waals surface area contributed by atoms with E-state index >= 15 is 0 Å². The molecule has 0 radical (unpaired) electrons. The highest BCUT2D eigenvalue weighted by Crippen LogP contribution is 2.14. The van der Waals surface area contributed by atoms with Crippen LogP contribution in [0.4, 0.5) is 11.9 Å². The van der Waals surface area contributed by atoms with Crippen molar-refractivity contribution < 1.29 is 9.53 Å². The molecule has 0 bridgehead atoms. The van der Waals surface area contributed by atoms with E-state index < -0.39 is 0 Å². The van der Waals surface area contributed by atoms with Gasteiger partial charge in [-0.2, -0.15) is 15.0 Å². The van der Waals surface area contributed by atoms with Gasteiger partial charge in [0.2, 0.25) is 11.9 Å². The second-order valence-corrected chi connectivity index (χ2v) is 6.58. The Balaban J connectivity index is 1.72. The third-order valence-corrected chi connectivity index (χ3v) is 4.38. The molecule has 3 rings (SSSR count). The summed E-state index contributed by atoms with van der Waals surface area (Å²) >= 11 is 0. The van der Waals surface area contributed by atoms with Gasteiger partial charge in [-0.15, -0.1) is 0 Å². The second kappa shape index (κ2) is 8.77. The molecular weight excluding hydrogens is 344 g/mol. The molecule has 1 aromatic carbocycles. The number of carbonyl (C=O) groups excluding carboxylic acids is 1. The lowest BCUT2D eigenvalue weighted by molar-refractivity contribution is 0.0950. The highest BCUT2D eigenvalue weighted by molar-refractivity contribution is 5.94. The molecular formula is C19H26N6O2. The number of morpholine rings is 1. The Kier molecular flexibility index (Phi) is 6.18. The van der Waals surface area contributed by atoms with Crippen LogP contribution in [0.2, 0.25) is 0 Å². The molecule has 8 heteroatoms. The highest BCUT2D eigenvalue weighted by atomic mass is 16.5. The Morgan fingerprint density at radius 2 is 1.85 bits per heavy atom. The van der Waals surface area contributed by atoms with Crippen molar-refractivity contribution in [1.82, 2.24) is 20.3 Å². The lowest BCUT2D eigenvalue weighted by Gasteiger charge is -2.27. The van der Waals surface area contributed by atoms with Crippen molar-refractivity contribution in [1.29, 1.82) is 0 Å². The number of rotatable bonds is 6. The van der Waals surface area contributed by atoms with Crippen LogP contribution in [0, 0.1) is 0 Å². The summed E-state index contributed by atoms with van der Waals surface area (Å²) in [6, 6.07) is 7.62. The summed E-state index contributed by atoms with van der Waals surface area (Å²) in [6.45, 7) is 5.13. The number of carbonyl (C=O) groups is 1. The molecule has 1 N–H and O–H groups in total. The topological polar surface area (TPSA) is 83.5 Å². The van der Waals surface area contributed by atoms with Gasteiger partial charge in [0.25, 0.3) is 5.91 Å². The Morgan fingerprint density at radius 1 is 1.15 bits per heavy atom. The largest absolute Gasteiger partial charge is 0.378 e. The number of nitrogens with zero attached hydrogens (tertiary/aromatic N) is 5. The number of aromatic nitrogens is 3. The minimum Gasteiger partial charge on any atom is -0.378 e. The van der Waals surface area contributed by atoms with Crippen LogP contribution in [-0.4, -0.2) is 61.3 Å². The maximum absolute atomic E-state index is 12.4. The van der Waals surface area contributed by atoms with Gasteiger partial charge in [-0.3, -0.25) is 4.79 Å². The van der Waals surface area contributed by atoms with Crippen LogP contribution in [0.15, 0.2) is 24.3 Å². The standard InChI is InChI=1S/C19H26N6O2/c1-4-14-5-7-15(8-6-14)17(26)20-13-16-21-18(24(2)3)23-19(22-16)25-9-11-27-12-10-25/h5-8H,4,9-13H2,1-3H3,(H,20,26). The summed E-state index contributed by atoms with van der Waals surface area (Å²) in [5.74, 6) is 1.59. The van der Waals surface area contributed by atoms with E-state index in [9.17, 15) is 4.79 Å². The summed E-state index contributed by atoms with van der Waals surface area (Å²) in [5.41, 5.74) is 1.83. The number of hydrogen-bond acceptors (Lipinski definition) is 7. The first-order valence-electron chi connectivity index (χ1n) is 9.19. The molecule has 1 saturated heterocycles. The van der Waals surface area contributed by atoms with Crippen LogP contribution in [0.5, 0.6) is 0 Å². The molecule has 1 fully saturated rings. The maximum Gasteiger partial charge on any atom is 0.251 e. The minimum absolute atomic E-state index is 0.141. The van der Waals surface area contributed by atoms with Crippen LogP contribution in [0.1, 0.15) is 28.7 Å². The second-order valence-electron chi connectivity index (χ2n) is 6.58. The number of aryl methyl sites for hydroxylation is 1. The van der Waals surface area contributed by atoms with Gasteiger partial charge in [-0.05, 0) is 24.1 Å². The van der Waals surface area contributed by atoms with E-state index in [0.29, 0.717) is 36.5 Å². The van der Waals surface area contributed by atoms with Crippen molar-refractivity contribution in [2.75, 3.05) is 50.2 Å². The van der Waals surface area contributed by atoms with Crippen LogP contribution >= 0.6 is 0 Å². The summed E-state index contributed by atoms with van der Waals surface area (Å²) in [5, 5.41) is 2.90. The first-order valence-corrected chi connectivity index (χ1v) is 9.19. The fourth-order valence-corrected chi connectivity index (χ4v) is 2.73. The molecule has 8 nitrogen and oxygen atoms in total. The number of hydrogen-bond donors (Lipinski definition) is 1. The van der Waals surface area contributed by atoms with Crippen molar-refractivity contribution in [3.05, 3.63) is 41.2 Å². The highest BCUT2D eigenvalue weighted by Gasteiger charge is 2.17. The Hall–Kier alpha value is -2.74. The fraction of sp³-hybridized carbons (Fsp3) is 0.474. The van der Waals surface area contributed by atoms with Gasteiger partial charge >= 0.3 is 0 Å². The summed E-state index contributed by atoms with van der Waals surface area (Å²) < 4.78 is 5.39. The summed E-state index contributed by atoms with van der Waals surface area (Å²) in [7, 11) is 3.77. The van der Waals surface area contributed by atoms with Gasteiger partial charge in [0.05, 0.1) is 19.8 Å². The normalized spacial score (nSPS) is 14.1. The smallest absolute Gasteiger partial charge is 0.251 e. The summed E-state index contributed by atoms with van der Waals surface area (Å²) in [6.07, 6.45) is 0.949. The average molecular weight is 370 g/mol. The first-order chi connectivity index (χ1) is 13.1. The number of anilines is 2. The van der Waals surface area contributed by atoms with Crippen molar-refractivity contribution in [3.8, 4) is 0 Å². The van der Waals surface area contributed by atoms with Gasteiger partial charge in [-0.25, -0.2) is 0 Å². The van der Waals surface area contributed by atoms with Crippen LogP contribution in [0.25, 0.3) is 0 Å². The zero-order valence-corrected chi connectivity index (χ0v) is 16.1. The molecule has 2 aromatic rings. The molecule has 144 valence electrons. The molecule has 0 unspecified atom stereocenters. The van der Waals surface area contributed by atoms with Gasteiger partial charge in [0.15, 0.2) is 5.82 Å². The monoisotopic (exact) mass is 370 g/mol. The van der Waals surface area contributed by atoms with Crippen molar-refractivity contribution >= 4 is 17.8 Å². The zero-order valence-electron chi connectivity index (χ0n) is 16.1. The van der Waals surface area contributed by atoms with Crippen LogP contribution in [-0.2, 0) is 17.7 Å². The molecule has 2 heterocycles. The summed E-state index contributed by atoms with van der Waals surface area (Å²) in [4.78, 5) is 29.8. The Bertz CT molecular complexity index is 772. The third kappa shape index (κ3) is 4.91. The number of nitrogens with one attached hydrogen (secondary N) is 1. The van der Waals surface area contributed by atoms with Gasteiger partial charge in [0.1, 0.15) is 0 Å². The van der Waals surface area contributed by atoms with E-state index in [4.69, 9.17) is 4.74 Å². The molecule has 1 aliphatic rings. The maximum atomic E-state index is 12.4. The predicted octanol–water partition coefficient (Wildman–Crippen LogP) is 1.27. The fourth-order valence-electron chi connectivity index (χ4n) is 2.73. The first kappa shape index (κ1) is 19.0. The third-order valence-electron chi connectivity index (χ3n) is 4.38. The number of benzene rings is 1. The lowest BCUT2D eigenvalue weighted by atomic mass is 10.1. The molecule has 1 aromatic heterocycles. The number of amides is 1. The zero-order chi connectivity index (χ0) is 19.2.